The molecule has 0 spiro atoms. The van der Waals surface area contributed by atoms with Crippen LogP contribution in [0.4, 0.5) is 10.5 Å². The molecule has 0 bridgehead atoms. The van der Waals surface area contributed by atoms with E-state index in [-0.39, 0.29) is 12.5 Å². The van der Waals surface area contributed by atoms with Crippen LogP contribution in [0.1, 0.15) is 16.7 Å². The van der Waals surface area contributed by atoms with Crippen LogP contribution in [0.5, 0.6) is 11.5 Å². The fourth-order valence-corrected chi connectivity index (χ4v) is 2.82. The van der Waals surface area contributed by atoms with Crippen LogP contribution < -0.4 is 25.9 Å². The Labute approximate surface area is 171 Å². The molecule has 2 rings (SSSR count). The largest absolute Gasteiger partial charge is 0.493 e. The summed E-state index contributed by atoms with van der Waals surface area (Å²) >= 11 is 3.44. The summed E-state index contributed by atoms with van der Waals surface area (Å²) in [6, 6.07) is 8.07. The van der Waals surface area contributed by atoms with E-state index in [0.717, 1.165) is 15.6 Å². The van der Waals surface area contributed by atoms with E-state index >= 15 is 0 Å². The molecule has 0 radical (unpaired) electrons. The summed E-state index contributed by atoms with van der Waals surface area (Å²) in [5, 5.41) is 6.49. The number of methoxy groups -OCH3 is 1. The SMILES string of the molecule is COc1cc(C=NNC(N)=O)ccc1OCC(=O)Nc1cc(C)c(C)cc1Br. The van der Waals surface area contributed by atoms with Crippen LogP contribution in [0.2, 0.25) is 0 Å². The van der Waals surface area contributed by atoms with Gasteiger partial charge < -0.3 is 20.5 Å². The minimum atomic E-state index is -0.760. The standard InChI is InChI=1S/C19H21BrN4O4/c1-11-6-14(20)15(7-12(11)2)23-18(25)10-28-16-5-4-13(8-17(16)27-3)9-22-24-19(21)26/h4-9H,10H2,1-3H3,(H,23,25)(H3,21,24,26). The number of primary amides is 1. The van der Waals surface area contributed by atoms with Gasteiger partial charge in [0.2, 0.25) is 0 Å². The smallest absolute Gasteiger partial charge is 0.332 e. The first kappa shape index (κ1) is 21.2. The number of nitrogens with zero attached hydrogens (tertiary/aromatic N) is 1. The second-order valence-corrected chi connectivity index (χ2v) is 6.75. The summed E-state index contributed by atoms with van der Waals surface area (Å²) in [4.78, 5) is 22.8. The molecule has 2 aromatic carbocycles. The van der Waals surface area contributed by atoms with Crippen LogP contribution in [0.25, 0.3) is 0 Å². The topological polar surface area (TPSA) is 115 Å². The second-order valence-electron chi connectivity index (χ2n) is 5.90. The molecule has 0 aromatic heterocycles. The van der Waals surface area contributed by atoms with E-state index in [9.17, 15) is 9.59 Å². The number of amides is 3. The third kappa shape index (κ3) is 5.98. The van der Waals surface area contributed by atoms with Gasteiger partial charge >= 0.3 is 6.03 Å². The maximum absolute atomic E-state index is 12.2. The summed E-state index contributed by atoms with van der Waals surface area (Å²) in [6.45, 7) is 3.79. The zero-order valence-electron chi connectivity index (χ0n) is 15.7. The lowest BCUT2D eigenvalue weighted by molar-refractivity contribution is -0.118. The average molecular weight is 449 g/mol. The highest BCUT2D eigenvalue weighted by atomic mass is 79.9. The number of rotatable bonds is 7. The van der Waals surface area contributed by atoms with Crippen LogP contribution in [-0.4, -0.2) is 31.9 Å². The number of carbonyl (C=O) groups is 2. The molecule has 148 valence electrons. The van der Waals surface area contributed by atoms with Gasteiger partial charge in [0.05, 0.1) is 19.0 Å². The van der Waals surface area contributed by atoms with Gasteiger partial charge in [0.15, 0.2) is 18.1 Å². The van der Waals surface area contributed by atoms with Crippen molar-refractivity contribution in [3.8, 4) is 11.5 Å². The first-order valence-electron chi connectivity index (χ1n) is 8.26. The Morgan fingerprint density at radius 2 is 1.89 bits per heavy atom. The Kier molecular flexibility index (Phi) is 7.39. The van der Waals surface area contributed by atoms with Crippen molar-refractivity contribution >= 4 is 39.8 Å². The third-order valence-corrected chi connectivity index (χ3v) is 4.45. The molecule has 0 unspecified atom stereocenters. The normalized spacial score (nSPS) is 10.6. The number of urea groups is 1. The fraction of sp³-hybridized carbons (Fsp3) is 0.211. The van der Waals surface area contributed by atoms with Gasteiger partial charge in [0.1, 0.15) is 0 Å². The highest BCUT2D eigenvalue weighted by molar-refractivity contribution is 9.10. The summed E-state index contributed by atoms with van der Waals surface area (Å²) in [6.07, 6.45) is 1.40. The van der Waals surface area contributed by atoms with Gasteiger partial charge in [0, 0.05) is 4.47 Å². The van der Waals surface area contributed by atoms with Crippen molar-refractivity contribution in [1.29, 1.82) is 0 Å². The van der Waals surface area contributed by atoms with Gasteiger partial charge in [-0.15, -0.1) is 0 Å². The molecule has 0 aliphatic carbocycles. The number of hydrogen-bond donors (Lipinski definition) is 3. The lowest BCUT2D eigenvalue weighted by atomic mass is 10.1. The number of hydrogen-bond acceptors (Lipinski definition) is 5. The molecule has 2 aromatic rings. The molecule has 0 saturated heterocycles. The maximum atomic E-state index is 12.2. The van der Waals surface area contributed by atoms with Crippen LogP contribution in [0.3, 0.4) is 0 Å². The van der Waals surface area contributed by atoms with E-state index in [0.29, 0.717) is 22.7 Å². The first-order chi connectivity index (χ1) is 13.3. The summed E-state index contributed by atoms with van der Waals surface area (Å²) < 4.78 is 11.6. The Balaban J connectivity index is 2.01. The molecule has 0 saturated carbocycles. The van der Waals surface area contributed by atoms with Gasteiger partial charge in [-0.05, 0) is 76.8 Å². The van der Waals surface area contributed by atoms with Crippen molar-refractivity contribution in [1.82, 2.24) is 5.43 Å². The minimum Gasteiger partial charge on any atom is -0.493 e. The highest BCUT2D eigenvalue weighted by Crippen LogP contribution is 2.28. The van der Waals surface area contributed by atoms with E-state index in [1.54, 1.807) is 18.2 Å². The van der Waals surface area contributed by atoms with Crippen molar-refractivity contribution in [2.75, 3.05) is 19.0 Å². The molecule has 28 heavy (non-hydrogen) atoms. The number of ether oxygens (including phenoxy) is 2. The van der Waals surface area contributed by atoms with Gasteiger partial charge in [-0.2, -0.15) is 5.10 Å². The first-order valence-corrected chi connectivity index (χ1v) is 9.05. The van der Waals surface area contributed by atoms with E-state index in [2.05, 4.69) is 31.8 Å². The summed E-state index contributed by atoms with van der Waals surface area (Å²) in [5.41, 5.74) is 10.6. The molecule has 3 amide bonds. The Bertz CT molecular complexity index is 915. The molecule has 0 heterocycles. The van der Waals surface area contributed by atoms with Crippen molar-refractivity contribution in [3.63, 3.8) is 0 Å². The van der Waals surface area contributed by atoms with Gasteiger partial charge in [-0.25, -0.2) is 10.2 Å². The zero-order valence-corrected chi connectivity index (χ0v) is 17.3. The summed E-state index contributed by atoms with van der Waals surface area (Å²) in [5.74, 6) is 0.516. The van der Waals surface area contributed by atoms with Gasteiger partial charge in [0.25, 0.3) is 5.91 Å². The third-order valence-electron chi connectivity index (χ3n) is 3.79. The molecule has 0 atom stereocenters. The van der Waals surface area contributed by atoms with Gasteiger partial charge in [-0.3, -0.25) is 4.79 Å². The number of nitrogens with one attached hydrogen (secondary N) is 2. The molecular weight excluding hydrogens is 428 g/mol. The lowest BCUT2D eigenvalue weighted by Gasteiger charge is -2.13. The van der Waals surface area contributed by atoms with Crippen molar-refractivity contribution in [3.05, 3.63) is 51.5 Å². The predicted octanol–water partition coefficient (Wildman–Crippen LogP) is 3.09. The number of anilines is 1. The average Bonchev–Trinajstić information content (AvgIpc) is 2.64. The van der Waals surface area contributed by atoms with Crippen LogP contribution in [0, 0.1) is 13.8 Å². The van der Waals surface area contributed by atoms with Crippen LogP contribution in [0.15, 0.2) is 39.9 Å². The molecule has 0 fully saturated rings. The fourth-order valence-electron chi connectivity index (χ4n) is 2.26. The quantitative estimate of drug-likeness (QED) is 0.445. The monoisotopic (exact) mass is 448 g/mol. The maximum Gasteiger partial charge on any atom is 0.332 e. The van der Waals surface area contributed by atoms with Crippen LogP contribution >= 0.6 is 15.9 Å². The van der Waals surface area contributed by atoms with Gasteiger partial charge in [-0.1, -0.05) is 0 Å². The molecule has 9 heteroatoms. The Morgan fingerprint density at radius 1 is 1.18 bits per heavy atom. The minimum absolute atomic E-state index is 0.188. The predicted molar refractivity (Wildman–Crippen MR) is 111 cm³/mol. The summed E-state index contributed by atoms with van der Waals surface area (Å²) in [7, 11) is 1.48. The highest BCUT2D eigenvalue weighted by Gasteiger charge is 2.11. The number of carbonyl (C=O) groups excluding carboxylic acids is 2. The van der Waals surface area contributed by atoms with E-state index in [1.165, 1.54) is 13.3 Å². The van der Waals surface area contributed by atoms with Crippen molar-refractivity contribution in [2.45, 2.75) is 13.8 Å². The number of benzene rings is 2. The molecule has 4 N–H and O–H groups in total. The zero-order chi connectivity index (χ0) is 20.7. The van der Waals surface area contributed by atoms with E-state index < -0.39 is 6.03 Å². The van der Waals surface area contributed by atoms with E-state index in [4.69, 9.17) is 15.2 Å². The Morgan fingerprint density at radius 3 is 2.57 bits per heavy atom. The molecular formula is C19H21BrN4O4. The van der Waals surface area contributed by atoms with E-state index in [1.807, 2.05) is 26.0 Å². The Hall–Kier alpha value is -3.07. The van der Waals surface area contributed by atoms with Crippen molar-refractivity contribution in [2.24, 2.45) is 10.8 Å². The second kappa shape index (κ2) is 9.75. The van der Waals surface area contributed by atoms with Crippen molar-refractivity contribution < 1.29 is 19.1 Å². The number of halogens is 1. The number of aryl methyl sites for hydroxylation is 2. The number of nitrogens with two attached hydrogens (primary N) is 1. The van der Waals surface area contributed by atoms with Crippen LogP contribution in [-0.2, 0) is 4.79 Å². The molecule has 0 aliphatic heterocycles. The molecule has 0 aliphatic rings. The molecule has 8 nitrogen and oxygen atoms in total. The number of hydrazone groups is 1. The lowest BCUT2D eigenvalue weighted by Crippen LogP contribution is -2.24.